The molecule has 5 heteroatoms. The molecule has 1 atom stereocenters. The summed E-state index contributed by atoms with van der Waals surface area (Å²) in [7, 11) is 2.96. The number of esters is 1. The van der Waals surface area contributed by atoms with Gasteiger partial charge in [0.15, 0.2) is 0 Å². The molecule has 18 heavy (non-hydrogen) atoms. The van der Waals surface area contributed by atoms with Gasteiger partial charge in [0.05, 0.1) is 14.2 Å². The molecular weight excluding hydrogens is 232 g/mol. The highest BCUT2D eigenvalue weighted by atomic mass is 16.5. The Balaban J connectivity index is 2.27. The van der Waals surface area contributed by atoms with Gasteiger partial charge in [-0.05, 0) is 17.7 Å². The number of aromatic amines is 1. The van der Waals surface area contributed by atoms with Gasteiger partial charge in [-0.1, -0.05) is 0 Å². The summed E-state index contributed by atoms with van der Waals surface area (Å²) in [6.07, 6.45) is 2.30. The van der Waals surface area contributed by atoms with Crippen LogP contribution in [0.5, 0.6) is 5.75 Å². The van der Waals surface area contributed by atoms with Crippen LogP contribution in [0.2, 0.25) is 0 Å². The van der Waals surface area contributed by atoms with Crippen molar-refractivity contribution in [3.63, 3.8) is 0 Å². The van der Waals surface area contributed by atoms with Crippen LogP contribution in [0, 0.1) is 0 Å². The number of ether oxygens (including phenoxy) is 2. The number of nitrogens with one attached hydrogen (secondary N) is 1. The van der Waals surface area contributed by atoms with Crippen molar-refractivity contribution in [3.8, 4) is 5.75 Å². The van der Waals surface area contributed by atoms with Gasteiger partial charge in [-0.15, -0.1) is 0 Å². The molecule has 0 fully saturated rings. The molecule has 96 valence electrons. The second-order valence-electron chi connectivity index (χ2n) is 4.06. The number of nitrogens with two attached hydrogens (primary N) is 1. The van der Waals surface area contributed by atoms with E-state index in [1.807, 2.05) is 24.4 Å². The van der Waals surface area contributed by atoms with Crippen molar-refractivity contribution in [2.24, 2.45) is 5.73 Å². The highest BCUT2D eigenvalue weighted by Gasteiger charge is 2.16. The molecule has 0 aliphatic carbocycles. The van der Waals surface area contributed by atoms with E-state index in [1.165, 1.54) is 7.11 Å². The van der Waals surface area contributed by atoms with Crippen LogP contribution in [0.15, 0.2) is 24.4 Å². The third-order valence-electron chi connectivity index (χ3n) is 2.92. The Morgan fingerprint density at radius 3 is 2.89 bits per heavy atom. The zero-order valence-corrected chi connectivity index (χ0v) is 10.4. The Morgan fingerprint density at radius 2 is 2.22 bits per heavy atom. The molecule has 0 spiro atoms. The second kappa shape index (κ2) is 5.10. The van der Waals surface area contributed by atoms with Crippen molar-refractivity contribution >= 4 is 16.9 Å². The highest BCUT2D eigenvalue weighted by molar-refractivity contribution is 5.85. The lowest BCUT2D eigenvalue weighted by atomic mass is 10.1. The third kappa shape index (κ3) is 2.31. The number of rotatable bonds is 4. The van der Waals surface area contributed by atoms with Crippen LogP contribution in [0.1, 0.15) is 5.56 Å². The summed E-state index contributed by atoms with van der Waals surface area (Å²) in [6, 6.07) is 5.09. The maximum atomic E-state index is 11.3. The number of carbonyl (C=O) groups is 1. The van der Waals surface area contributed by atoms with E-state index in [-0.39, 0.29) is 0 Å². The number of H-pyrrole nitrogens is 1. The number of hydrogen-bond acceptors (Lipinski definition) is 4. The van der Waals surface area contributed by atoms with Crippen LogP contribution >= 0.6 is 0 Å². The zero-order chi connectivity index (χ0) is 13.1. The first kappa shape index (κ1) is 12.4. The Morgan fingerprint density at radius 1 is 1.44 bits per heavy atom. The molecule has 0 bridgehead atoms. The number of hydrogen-bond donors (Lipinski definition) is 2. The van der Waals surface area contributed by atoms with Gasteiger partial charge in [0.2, 0.25) is 0 Å². The van der Waals surface area contributed by atoms with Crippen molar-refractivity contribution in [3.05, 3.63) is 30.0 Å². The maximum Gasteiger partial charge on any atom is 0.322 e. The lowest BCUT2D eigenvalue weighted by molar-refractivity contribution is -0.142. The molecule has 3 N–H and O–H groups in total. The molecule has 1 heterocycles. The van der Waals surface area contributed by atoms with Gasteiger partial charge in [0.1, 0.15) is 11.8 Å². The standard InChI is InChI=1S/C13H16N2O3/c1-17-9-3-4-10-8(7-15-12(10)6-9)5-11(14)13(16)18-2/h3-4,6-7,11,15H,5,14H2,1-2H3. The van der Waals surface area contributed by atoms with Crippen LogP contribution in [0.4, 0.5) is 0 Å². The topological polar surface area (TPSA) is 77.3 Å². The summed E-state index contributed by atoms with van der Waals surface area (Å²) in [6.45, 7) is 0. The molecular formula is C13H16N2O3. The van der Waals surface area contributed by atoms with Crippen LogP contribution in [0.25, 0.3) is 10.9 Å². The van der Waals surface area contributed by atoms with Gasteiger partial charge in [-0.3, -0.25) is 4.79 Å². The number of methoxy groups -OCH3 is 2. The van der Waals surface area contributed by atoms with Crippen LogP contribution in [-0.2, 0) is 16.0 Å². The summed E-state index contributed by atoms with van der Waals surface area (Å²) in [5.41, 5.74) is 7.70. The summed E-state index contributed by atoms with van der Waals surface area (Å²) in [5, 5.41) is 1.04. The maximum absolute atomic E-state index is 11.3. The summed E-state index contributed by atoms with van der Waals surface area (Å²) < 4.78 is 9.76. The minimum atomic E-state index is -0.642. The average molecular weight is 248 g/mol. The quantitative estimate of drug-likeness (QED) is 0.797. The fraction of sp³-hybridized carbons (Fsp3) is 0.308. The molecule has 2 rings (SSSR count). The van der Waals surface area contributed by atoms with E-state index >= 15 is 0 Å². The molecule has 0 radical (unpaired) electrons. The molecule has 0 saturated carbocycles. The minimum absolute atomic E-state index is 0.405. The largest absolute Gasteiger partial charge is 0.497 e. The summed E-state index contributed by atoms with van der Waals surface area (Å²) in [5.74, 6) is 0.381. The van der Waals surface area contributed by atoms with Crippen LogP contribution in [0.3, 0.4) is 0 Å². The minimum Gasteiger partial charge on any atom is -0.497 e. The van der Waals surface area contributed by atoms with Crippen molar-refractivity contribution in [2.45, 2.75) is 12.5 Å². The molecule has 5 nitrogen and oxygen atoms in total. The molecule has 1 aromatic carbocycles. The molecule has 0 saturated heterocycles. The number of fused-ring (bicyclic) bond motifs is 1. The van der Waals surface area contributed by atoms with E-state index in [2.05, 4.69) is 9.72 Å². The summed E-state index contributed by atoms with van der Waals surface area (Å²) >= 11 is 0. The van der Waals surface area contributed by atoms with E-state index in [0.29, 0.717) is 6.42 Å². The van der Waals surface area contributed by atoms with Gasteiger partial charge in [0.25, 0.3) is 0 Å². The predicted octanol–water partition coefficient (Wildman–Crippen LogP) is 1.22. The SMILES string of the molecule is COC(=O)C(N)Cc1c[nH]c2cc(OC)ccc12. The van der Waals surface area contributed by atoms with Gasteiger partial charge in [-0.2, -0.15) is 0 Å². The molecule has 1 aromatic heterocycles. The summed E-state index contributed by atoms with van der Waals surface area (Å²) in [4.78, 5) is 14.4. The van der Waals surface area contributed by atoms with Gasteiger partial charge in [-0.25, -0.2) is 0 Å². The van der Waals surface area contributed by atoms with Crippen molar-refractivity contribution < 1.29 is 14.3 Å². The Labute approximate surface area is 105 Å². The van der Waals surface area contributed by atoms with Gasteiger partial charge in [0, 0.05) is 29.6 Å². The molecule has 1 unspecified atom stereocenters. The number of aromatic nitrogens is 1. The third-order valence-corrected chi connectivity index (χ3v) is 2.92. The molecule has 2 aromatic rings. The smallest absolute Gasteiger partial charge is 0.322 e. The second-order valence-corrected chi connectivity index (χ2v) is 4.06. The molecule has 0 amide bonds. The van der Waals surface area contributed by atoms with E-state index in [1.54, 1.807) is 7.11 Å². The Bertz CT molecular complexity index is 562. The normalized spacial score (nSPS) is 12.4. The van der Waals surface area contributed by atoms with Gasteiger partial charge >= 0.3 is 5.97 Å². The lowest BCUT2D eigenvalue weighted by Gasteiger charge is -2.08. The number of benzene rings is 1. The first-order valence-electron chi connectivity index (χ1n) is 5.63. The molecule has 0 aliphatic heterocycles. The van der Waals surface area contributed by atoms with E-state index in [0.717, 1.165) is 22.2 Å². The van der Waals surface area contributed by atoms with Crippen LogP contribution < -0.4 is 10.5 Å². The van der Waals surface area contributed by atoms with Crippen molar-refractivity contribution in [1.82, 2.24) is 4.98 Å². The molecule has 0 aliphatic rings. The zero-order valence-electron chi connectivity index (χ0n) is 10.4. The number of carbonyl (C=O) groups excluding carboxylic acids is 1. The Hall–Kier alpha value is -2.01. The predicted molar refractivity (Wildman–Crippen MR) is 68.5 cm³/mol. The van der Waals surface area contributed by atoms with E-state index in [4.69, 9.17) is 10.5 Å². The van der Waals surface area contributed by atoms with Crippen molar-refractivity contribution in [1.29, 1.82) is 0 Å². The first-order chi connectivity index (χ1) is 8.65. The first-order valence-corrected chi connectivity index (χ1v) is 5.63. The average Bonchev–Trinajstić information content (AvgIpc) is 2.80. The fourth-order valence-corrected chi connectivity index (χ4v) is 1.93. The van der Waals surface area contributed by atoms with E-state index < -0.39 is 12.0 Å². The van der Waals surface area contributed by atoms with E-state index in [9.17, 15) is 4.79 Å². The monoisotopic (exact) mass is 248 g/mol. The van der Waals surface area contributed by atoms with Crippen molar-refractivity contribution in [2.75, 3.05) is 14.2 Å². The van der Waals surface area contributed by atoms with Crippen LogP contribution in [-0.4, -0.2) is 31.2 Å². The Kier molecular flexibility index (Phi) is 3.53. The lowest BCUT2D eigenvalue weighted by Crippen LogP contribution is -2.33. The fourth-order valence-electron chi connectivity index (χ4n) is 1.93. The highest BCUT2D eigenvalue weighted by Crippen LogP contribution is 2.23. The van der Waals surface area contributed by atoms with Gasteiger partial charge < -0.3 is 20.2 Å².